The Bertz CT molecular complexity index is 291. The van der Waals surface area contributed by atoms with Crippen molar-refractivity contribution in [2.75, 3.05) is 20.6 Å². The van der Waals surface area contributed by atoms with E-state index in [9.17, 15) is 14.7 Å². The summed E-state index contributed by atoms with van der Waals surface area (Å²) >= 11 is 0. The first-order valence-corrected chi connectivity index (χ1v) is 5.54. The van der Waals surface area contributed by atoms with Crippen LogP contribution in [0.2, 0.25) is 0 Å². The quantitative estimate of drug-likeness (QED) is 0.726. The minimum Gasteiger partial charge on any atom is -0.481 e. The maximum absolute atomic E-state index is 11.6. The van der Waals surface area contributed by atoms with Crippen molar-refractivity contribution in [1.82, 2.24) is 10.2 Å². The average Bonchev–Trinajstić information content (AvgIpc) is 2.47. The highest BCUT2D eigenvalue weighted by Crippen LogP contribution is 2.38. The molecular weight excluding hydrogens is 208 g/mol. The van der Waals surface area contributed by atoms with Crippen molar-refractivity contribution < 1.29 is 14.7 Å². The number of aliphatic carboxylic acids is 1. The topological polar surface area (TPSA) is 69.6 Å². The van der Waals surface area contributed by atoms with Crippen molar-refractivity contribution in [3.63, 3.8) is 0 Å². The van der Waals surface area contributed by atoms with Crippen LogP contribution >= 0.6 is 0 Å². The number of carbonyl (C=O) groups excluding carboxylic acids is 1. The molecule has 1 fully saturated rings. The molecule has 1 rings (SSSR count). The fourth-order valence-corrected chi connectivity index (χ4v) is 2.18. The van der Waals surface area contributed by atoms with E-state index in [4.69, 9.17) is 0 Å². The minimum atomic E-state index is -0.819. The molecule has 0 bridgehead atoms. The monoisotopic (exact) mass is 228 g/mol. The van der Waals surface area contributed by atoms with Gasteiger partial charge >= 0.3 is 5.97 Å². The Morgan fingerprint density at radius 1 is 1.50 bits per heavy atom. The summed E-state index contributed by atoms with van der Waals surface area (Å²) < 4.78 is 0. The van der Waals surface area contributed by atoms with Gasteiger partial charge in [0.1, 0.15) is 0 Å². The van der Waals surface area contributed by atoms with Crippen molar-refractivity contribution in [2.45, 2.75) is 32.2 Å². The van der Waals surface area contributed by atoms with Gasteiger partial charge in [0.25, 0.3) is 0 Å². The summed E-state index contributed by atoms with van der Waals surface area (Å²) in [6.45, 7) is 2.01. The summed E-state index contributed by atoms with van der Waals surface area (Å²) in [5.41, 5.74) is -0.804. The summed E-state index contributed by atoms with van der Waals surface area (Å²) in [6, 6.07) is -0.238. The summed E-state index contributed by atoms with van der Waals surface area (Å²) in [6.07, 6.45) is 2.24. The van der Waals surface area contributed by atoms with E-state index < -0.39 is 11.4 Å². The second kappa shape index (κ2) is 4.82. The second-order valence-electron chi connectivity index (χ2n) is 4.97. The number of nitrogens with zero attached hydrogens (tertiary/aromatic N) is 1. The Labute approximate surface area is 95.8 Å². The number of hydrogen-bond donors (Lipinski definition) is 2. The van der Waals surface area contributed by atoms with Crippen LogP contribution < -0.4 is 5.32 Å². The predicted molar refractivity (Wildman–Crippen MR) is 60.1 cm³/mol. The number of hydrogen-bond acceptors (Lipinski definition) is 3. The number of amides is 1. The van der Waals surface area contributed by atoms with Gasteiger partial charge in [0.2, 0.25) is 5.91 Å². The van der Waals surface area contributed by atoms with Gasteiger partial charge in [0, 0.05) is 6.04 Å². The van der Waals surface area contributed by atoms with E-state index >= 15 is 0 Å². The first-order chi connectivity index (χ1) is 7.36. The molecule has 0 aliphatic heterocycles. The fourth-order valence-electron chi connectivity index (χ4n) is 2.18. The molecule has 2 unspecified atom stereocenters. The van der Waals surface area contributed by atoms with Crippen LogP contribution in [0, 0.1) is 5.41 Å². The van der Waals surface area contributed by atoms with Gasteiger partial charge in [-0.2, -0.15) is 0 Å². The van der Waals surface area contributed by atoms with Gasteiger partial charge in [-0.3, -0.25) is 9.59 Å². The molecule has 0 aromatic rings. The minimum absolute atomic E-state index is 0.107. The van der Waals surface area contributed by atoms with Gasteiger partial charge in [0.15, 0.2) is 0 Å². The van der Waals surface area contributed by atoms with Crippen LogP contribution in [0.3, 0.4) is 0 Å². The molecule has 2 atom stereocenters. The molecule has 1 amide bonds. The number of carbonyl (C=O) groups is 2. The maximum Gasteiger partial charge on any atom is 0.311 e. The molecule has 0 heterocycles. The van der Waals surface area contributed by atoms with Gasteiger partial charge in [-0.15, -0.1) is 0 Å². The lowest BCUT2D eigenvalue weighted by atomic mass is 9.85. The van der Waals surface area contributed by atoms with Crippen molar-refractivity contribution >= 4 is 11.9 Å². The number of likely N-dealkylation sites (N-methyl/N-ethyl adjacent to an activating group) is 1. The number of carboxylic acids is 1. The normalized spacial score (nSPS) is 29.4. The Hall–Kier alpha value is -1.10. The van der Waals surface area contributed by atoms with Crippen molar-refractivity contribution in [1.29, 1.82) is 0 Å². The van der Waals surface area contributed by atoms with Crippen LogP contribution in [0.1, 0.15) is 26.2 Å². The Kier molecular flexibility index (Phi) is 3.91. The van der Waals surface area contributed by atoms with E-state index in [1.807, 2.05) is 14.1 Å². The maximum atomic E-state index is 11.6. The standard InChI is InChI=1S/C11H20N2O3/c1-11(10(15)16)6-4-5-8(11)12-9(14)7-13(2)3/h8H,4-7H2,1-3H3,(H,12,14)(H,15,16). The highest BCUT2D eigenvalue weighted by Gasteiger charge is 2.45. The molecule has 1 aliphatic rings. The second-order valence-corrected chi connectivity index (χ2v) is 4.97. The smallest absolute Gasteiger partial charge is 0.311 e. The van der Waals surface area contributed by atoms with Crippen molar-refractivity contribution in [3.05, 3.63) is 0 Å². The molecular formula is C11H20N2O3. The number of carboxylic acid groups (broad SMARTS) is 1. The van der Waals surface area contributed by atoms with Crippen LogP contribution in [0.4, 0.5) is 0 Å². The van der Waals surface area contributed by atoms with Crippen LogP contribution in [0.15, 0.2) is 0 Å². The molecule has 0 spiro atoms. The summed E-state index contributed by atoms with van der Waals surface area (Å²) in [7, 11) is 3.62. The van der Waals surface area contributed by atoms with Crippen LogP contribution in [-0.4, -0.2) is 48.6 Å². The van der Waals surface area contributed by atoms with E-state index in [0.717, 1.165) is 12.8 Å². The van der Waals surface area contributed by atoms with Crippen LogP contribution in [0.5, 0.6) is 0 Å². The molecule has 16 heavy (non-hydrogen) atoms. The number of rotatable bonds is 4. The van der Waals surface area contributed by atoms with Crippen LogP contribution in [0.25, 0.3) is 0 Å². The third kappa shape index (κ3) is 2.72. The van der Waals surface area contributed by atoms with Crippen molar-refractivity contribution in [3.8, 4) is 0 Å². The lowest BCUT2D eigenvalue weighted by Crippen LogP contribution is -2.49. The van der Waals surface area contributed by atoms with E-state index in [1.54, 1.807) is 11.8 Å². The van der Waals surface area contributed by atoms with Gasteiger partial charge in [0.05, 0.1) is 12.0 Å². The molecule has 5 nitrogen and oxygen atoms in total. The SMILES string of the molecule is CN(C)CC(=O)NC1CCCC1(C)C(=O)O. The summed E-state index contributed by atoms with van der Waals surface area (Å²) in [5, 5.41) is 12.0. The van der Waals surface area contributed by atoms with E-state index in [2.05, 4.69) is 5.32 Å². The van der Waals surface area contributed by atoms with Gasteiger partial charge in [-0.25, -0.2) is 0 Å². The molecule has 0 saturated heterocycles. The lowest BCUT2D eigenvalue weighted by molar-refractivity contribution is -0.149. The molecule has 1 saturated carbocycles. The van der Waals surface area contributed by atoms with Gasteiger partial charge < -0.3 is 15.3 Å². The zero-order chi connectivity index (χ0) is 12.3. The lowest BCUT2D eigenvalue weighted by Gasteiger charge is -2.28. The van der Waals surface area contributed by atoms with Crippen molar-refractivity contribution in [2.24, 2.45) is 5.41 Å². The fraction of sp³-hybridized carbons (Fsp3) is 0.818. The Morgan fingerprint density at radius 3 is 2.62 bits per heavy atom. The largest absolute Gasteiger partial charge is 0.481 e. The number of nitrogens with one attached hydrogen (secondary N) is 1. The van der Waals surface area contributed by atoms with Gasteiger partial charge in [-0.05, 0) is 33.9 Å². The van der Waals surface area contributed by atoms with Crippen LogP contribution in [-0.2, 0) is 9.59 Å². The summed E-state index contributed by atoms with van der Waals surface area (Å²) in [4.78, 5) is 24.5. The Balaban J connectivity index is 2.60. The highest BCUT2D eigenvalue weighted by molar-refractivity contribution is 5.81. The third-order valence-electron chi connectivity index (χ3n) is 3.24. The van der Waals surface area contributed by atoms with E-state index in [0.29, 0.717) is 13.0 Å². The van der Waals surface area contributed by atoms with E-state index in [-0.39, 0.29) is 11.9 Å². The summed E-state index contributed by atoms with van der Waals surface area (Å²) in [5.74, 6) is -0.926. The molecule has 92 valence electrons. The molecule has 0 radical (unpaired) electrons. The molecule has 1 aliphatic carbocycles. The zero-order valence-corrected chi connectivity index (χ0v) is 10.1. The zero-order valence-electron chi connectivity index (χ0n) is 10.1. The highest BCUT2D eigenvalue weighted by atomic mass is 16.4. The first-order valence-electron chi connectivity index (χ1n) is 5.54. The molecule has 2 N–H and O–H groups in total. The first kappa shape index (κ1) is 13.0. The van der Waals surface area contributed by atoms with Gasteiger partial charge in [-0.1, -0.05) is 6.42 Å². The molecule has 0 aromatic carbocycles. The predicted octanol–water partition coefficient (Wildman–Crippen LogP) is 0.308. The van der Waals surface area contributed by atoms with E-state index in [1.165, 1.54) is 0 Å². The average molecular weight is 228 g/mol. The Morgan fingerprint density at radius 2 is 2.12 bits per heavy atom. The molecule has 5 heteroatoms. The third-order valence-corrected chi connectivity index (χ3v) is 3.24. The molecule has 0 aromatic heterocycles.